The molecule has 0 saturated heterocycles. The lowest BCUT2D eigenvalue weighted by Crippen LogP contribution is -2.44. The summed E-state index contributed by atoms with van der Waals surface area (Å²) in [5.74, 6) is -0.654. The minimum Gasteiger partial charge on any atom is -0.484 e. The number of carbonyl (C=O) groups excluding carboxylic acids is 3. The number of nitrogens with one attached hydrogen (secondary N) is 3. The van der Waals surface area contributed by atoms with Crippen LogP contribution in [0.3, 0.4) is 0 Å². The highest BCUT2D eigenvalue weighted by Crippen LogP contribution is 2.21. The molecular formula is C25H25N3O4. The van der Waals surface area contributed by atoms with E-state index in [2.05, 4.69) is 16.2 Å². The van der Waals surface area contributed by atoms with Gasteiger partial charge in [0.1, 0.15) is 5.75 Å². The molecule has 7 nitrogen and oxygen atoms in total. The highest BCUT2D eigenvalue weighted by molar-refractivity contribution is 5.86. The quantitative estimate of drug-likeness (QED) is 0.454. The van der Waals surface area contributed by atoms with Crippen LogP contribution in [0.15, 0.2) is 84.9 Å². The molecule has 0 atom stereocenters. The SMILES string of the molecule is O=C(CCC(=O)NNC(=O)COc1ccc(-c2ccccc2)cc1)NCc1ccccc1. The van der Waals surface area contributed by atoms with E-state index in [1.54, 1.807) is 12.1 Å². The third-order valence-corrected chi connectivity index (χ3v) is 4.58. The highest BCUT2D eigenvalue weighted by Gasteiger charge is 2.09. The molecule has 0 aliphatic carbocycles. The molecule has 0 aliphatic rings. The summed E-state index contributed by atoms with van der Waals surface area (Å²) in [5.41, 5.74) is 7.67. The number of carbonyl (C=O) groups is 3. The molecule has 164 valence electrons. The lowest BCUT2D eigenvalue weighted by molar-refractivity contribution is -0.131. The number of hydrazine groups is 1. The first kappa shape index (κ1) is 22.6. The van der Waals surface area contributed by atoms with Gasteiger partial charge in [0.2, 0.25) is 11.8 Å². The molecule has 3 N–H and O–H groups in total. The number of ether oxygens (including phenoxy) is 1. The van der Waals surface area contributed by atoms with Gasteiger partial charge < -0.3 is 10.1 Å². The molecule has 0 unspecified atom stereocenters. The van der Waals surface area contributed by atoms with Crippen LogP contribution in [0.1, 0.15) is 18.4 Å². The molecule has 3 rings (SSSR count). The van der Waals surface area contributed by atoms with Gasteiger partial charge in [-0.3, -0.25) is 25.2 Å². The van der Waals surface area contributed by atoms with Crippen molar-refractivity contribution in [2.24, 2.45) is 0 Å². The van der Waals surface area contributed by atoms with Crippen LogP contribution in [0.25, 0.3) is 11.1 Å². The van der Waals surface area contributed by atoms with Crippen LogP contribution in [-0.2, 0) is 20.9 Å². The van der Waals surface area contributed by atoms with Crippen molar-refractivity contribution in [2.45, 2.75) is 19.4 Å². The molecule has 0 aromatic heterocycles. The third-order valence-electron chi connectivity index (χ3n) is 4.58. The molecule has 0 fully saturated rings. The Morgan fingerprint density at radius 1 is 0.625 bits per heavy atom. The van der Waals surface area contributed by atoms with E-state index in [0.29, 0.717) is 12.3 Å². The molecule has 32 heavy (non-hydrogen) atoms. The first-order valence-corrected chi connectivity index (χ1v) is 10.3. The lowest BCUT2D eigenvalue weighted by atomic mass is 10.1. The lowest BCUT2D eigenvalue weighted by Gasteiger charge is -2.10. The molecular weight excluding hydrogens is 406 g/mol. The number of hydrogen-bond acceptors (Lipinski definition) is 4. The molecule has 0 spiro atoms. The number of hydrogen-bond donors (Lipinski definition) is 3. The smallest absolute Gasteiger partial charge is 0.276 e. The van der Waals surface area contributed by atoms with E-state index in [1.807, 2.05) is 72.8 Å². The molecule has 7 heteroatoms. The normalized spacial score (nSPS) is 10.1. The van der Waals surface area contributed by atoms with Crippen molar-refractivity contribution in [1.82, 2.24) is 16.2 Å². The van der Waals surface area contributed by atoms with E-state index >= 15 is 0 Å². The summed E-state index contributed by atoms with van der Waals surface area (Å²) in [4.78, 5) is 35.5. The van der Waals surface area contributed by atoms with E-state index in [1.165, 1.54) is 0 Å². The molecule has 3 aromatic carbocycles. The molecule has 3 amide bonds. The van der Waals surface area contributed by atoms with Crippen LogP contribution in [0, 0.1) is 0 Å². The largest absolute Gasteiger partial charge is 0.484 e. The Morgan fingerprint density at radius 3 is 1.88 bits per heavy atom. The summed E-state index contributed by atoms with van der Waals surface area (Å²) in [6, 6.07) is 26.8. The summed E-state index contributed by atoms with van der Waals surface area (Å²) < 4.78 is 5.44. The predicted octanol–water partition coefficient (Wildman–Crippen LogP) is 2.98. The zero-order valence-corrected chi connectivity index (χ0v) is 17.5. The van der Waals surface area contributed by atoms with E-state index in [0.717, 1.165) is 16.7 Å². The first-order valence-electron chi connectivity index (χ1n) is 10.3. The van der Waals surface area contributed by atoms with Gasteiger partial charge in [0.25, 0.3) is 5.91 Å². The zero-order chi connectivity index (χ0) is 22.6. The summed E-state index contributed by atoms with van der Waals surface area (Å²) in [6.07, 6.45) is -0.0124. The van der Waals surface area contributed by atoms with E-state index in [9.17, 15) is 14.4 Å². The fourth-order valence-corrected chi connectivity index (χ4v) is 2.87. The second kappa shape index (κ2) is 11.9. The monoisotopic (exact) mass is 431 g/mol. The van der Waals surface area contributed by atoms with Crippen molar-refractivity contribution in [1.29, 1.82) is 0 Å². The fraction of sp³-hybridized carbons (Fsp3) is 0.160. The van der Waals surface area contributed by atoms with Crippen LogP contribution < -0.4 is 20.9 Å². The van der Waals surface area contributed by atoms with Crippen molar-refractivity contribution in [2.75, 3.05) is 6.61 Å². The Labute approximate surface area is 186 Å². The fourth-order valence-electron chi connectivity index (χ4n) is 2.87. The molecule has 0 aliphatic heterocycles. The summed E-state index contributed by atoms with van der Waals surface area (Å²) in [6.45, 7) is 0.157. The average Bonchev–Trinajstić information content (AvgIpc) is 2.85. The summed E-state index contributed by atoms with van der Waals surface area (Å²) in [7, 11) is 0. The Kier molecular flexibility index (Phi) is 8.39. The Balaban J connectivity index is 1.30. The van der Waals surface area contributed by atoms with Gasteiger partial charge in [-0.05, 0) is 28.8 Å². The maximum Gasteiger partial charge on any atom is 0.276 e. The Morgan fingerprint density at radius 2 is 1.19 bits per heavy atom. The van der Waals surface area contributed by atoms with E-state index in [4.69, 9.17) is 4.74 Å². The van der Waals surface area contributed by atoms with Crippen molar-refractivity contribution >= 4 is 17.7 Å². The molecule has 3 aromatic rings. The van der Waals surface area contributed by atoms with Crippen LogP contribution in [0.5, 0.6) is 5.75 Å². The molecule has 0 saturated carbocycles. The van der Waals surface area contributed by atoms with Crippen molar-refractivity contribution < 1.29 is 19.1 Å². The maximum absolute atomic E-state index is 11.9. The van der Waals surface area contributed by atoms with Gasteiger partial charge in [0, 0.05) is 19.4 Å². The van der Waals surface area contributed by atoms with Gasteiger partial charge in [-0.1, -0.05) is 72.8 Å². The highest BCUT2D eigenvalue weighted by atomic mass is 16.5. The van der Waals surface area contributed by atoms with Crippen molar-refractivity contribution in [3.8, 4) is 16.9 Å². The van der Waals surface area contributed by atoms with Gasteiger partial charge in [-0.25, -0.2) is 0 Å². The van der Waals surface area contributed by atoms with Gasteiger partial charge in [0.05, 0.1) is 0 Å². The second-order valence-electron chi connectivity index (χ2n) is 7.04. The van der Waals surface area contributed by atoms with Crippen LogP contribution in [-0.4, -0.2) is 24.3 Å². The number of amides is 3. The Bertz CT molecular complexity index is 1020. The first-order chi connectivity index (χ1) is 15.6. The second-order valence-corrected chi connectivity index (χ2v) is 7.04. The van der Waals surface area contributed by atoms with Crippen molar-refractivity contribution in [3.63, 3.8) is 0 Å². The summed E-state index contributed by atoms with van der Waals surface area (Å²) in [5, 5.41) is 2.75. The minimum atomic E-state index is -0.501. The number of rotatable bonds is 9. The molecule has 0 bridgehead atoms. The van der Waals surface area contributed by atoms with Crippen molar-refractivity contribution in [3.05, 3.63) is 90.5 Å². The predicted molar refractivity (Wildman–Crippen MR) is 121 cm³/mol. The standard InChI is InChI=1S/C25H25N3O4/c29-23(26-17-19-7-3-1-4-8-19)15-16-24(30)27-28-25(31)18-32-22-13-11-21(12-14-22)20-9-5-2-6-10-20/h1-14H,15-18H2,(H,26,29)(H,27,30)(H,28,31). The molecule has 0 radical (unpaired) electrons. The van der Waals surface area contributed by atoms with Gasteiger partial charge in [-0.15, -0.1) is 0 Å². The Hall–Kier alpha value is -4.13. The van der Waals surface area contributed by atoms with E-state index in [-0.39, 0.29) is 25.4 Å². The van der Waals surface area contributed by atoms with Gasteiger partial charge in [-0.2, -0.15) is 0 Å². The topological polar surface area (TPSA) is 96.5 Å². The average molecular weight is 431 g/mol. The third kappa shape index (κ3) is 7.60. The van der Waals surface area contributed by atoms with Crippen LogP contribution >= 0.6 is 0 Å². The van der Waals surface area contributed by atoms with Crippen LogP contribution in [0.4, 0.5) is 0 Å². The zero-order valence-electron chi connectivity index (χ0n) is 17.5. The van der Waals surface area contributed by atoms with Gasteiger partial charge in [0.15, 0.2) is 6.61 Å². The maximum atomic E-state index is 11.9. The summed E-state index contributed by atoms with van der Waals surface area (Å²) >= 11 is 0. The molecule has 0 heterocycles. The minimum absolute atomic E-state index is 0.0266. The van der Waals surface area contributed by atoms with E-state index < -0.39 is 11.8 Å². The number of benzene rings is 3. The van der Waals surface area contributed by atoms with Gasteiger partial charge >= 0.3 is 0 Å². The van der Waals surface area contributed by atoms with Crippen LogP contribution in [0.2, 0.25) is 0 Å².